The molecule has 0 aromatic carbocycles. The number of quaternary nitrogens is 1. The van der Waals surface area contributed by atoms with E-state index in [0.717, 1.165) is 32.1 Å². The van der Waals surface area contributed by atoms with Gasteiger partial charge in [0.1, 0.15) is 0 Å². The Kier molecular flexibility index (Phi) is 4.42. The summed E-state index contributed by atoms with van der Waals surface area (Å²) in [6, 6.07) is 0.494. The van der Waals surface area contributed by atoms with Gasteiger partial charge < -0.3 is 15.5 Å². The zero-order valence-corrected chi connectivity index (χ0v) is 11.9. The molecule has 1 aliphatic heterocycles. The van der Waals surface area contributed by atoms with Crippen molar-refractivity contribution in [1.82, 2.24) is 5.06 Å². The van der Waals surface area contributed by atoms with Crippen molar-refractivity contribution in [3.05, 3.63) is 5.21 Å². The molecule has 2 N–H and O–H groups in total. The smallest absolute Gasteiger partial charge is 0.165 e. The molecule has 4 atom stereocenters. The second-order valence-corrected chi connectivity index (χ2v) is 6.82. The van der Waals surface area contributed by atoms with Gasteiger partial charge in [0.05, 0.1) is 6.04 Å². The molecule has 4 nitrogen and oxygen atoms in total. The van der Waals surface area contributed by atoms with Crippen molar-refractivity contribution in [2.24, 2.45) is 5.92 Å². The summed E-state index contributed by atoms with van der Waals surface area (Å²) in [5.41, 5.74) is 0. The fourth-order valence-electron chi connectivity index (χ4n) is 4.55. The van der Waals surface area contributed by atoms with Crippen LogP contribution in [0.25, 0.3) is 0 Å². The Bertz CT molecular complexity index is 290. The number of hydroxylamine groups is 4. The van der Waals surface area contributed by atoms with Crippen molar-refractivity contribution in [3.8, 4) is 0 Å². The fourth-order valence-corrected chi connectivity index (χ4v) is 4.55. The van der Waals surface area contributed by atoms with E-state index in [2.05, 4.69) is 0 Å². The molecule has 3 fully saturated rings. The van der Waals surface area contributed by atoms with Gasteiger partial charge in [0.25, 0.3) is 0 Å². The van der Waals surface area contributed by atoms with Crippen LogP contribution in [-0.2, 0) is 0 Å². The molecule has 1 heterocycles. The zero-order chi connectivity index (χ0) is 13.2. The molecular formula is C15H28N2O2. The maximum absolute atomic E-state index is 12.6. The average molecular weight is 268 g/mol. The van der Waals surface area contributed by atoms with Crippen LogP contribution in [0, 0.1) is 11.1 Å². The average Bonchev–Trinajstić information content (AvgIpc) is 2.48. The van der Waals surface area contributed by atoms with Crippen LogP contribution < -0.4 is 5.06 Å². The lowest BCUT2D eigenvalue weighted by Crippen LogP contribution is -3.18. The van der Waals surface area contributed by atoms with Gasteiger partial charge >= 0.3 is 0 Å². The summed E-state index contributed by atoms with van der Waals surface area (Å²) in [6.45, 7) is 0. The van der Waals surface area contributed by atoms with Gasteiger partial charge in [-0.05, 0) is 38.5 Å². The second kappa shape index (κ2) is 6.08. The topological polar surface area (TPSA) is 51.0 Å². The molecule has 1 saturated heterocycles. The van der Waals surface area contributed by atoms with Gasteiger partial charge in [-0.3, -0.25) is 0 Å². The summed E-state index contributed by atoms with van der Waals surface area (Å²) in [5, 5.41) is 24.9. The third kappa shape index (κ3) is 2.82. The molecule has 3 rings (SSSR count). The van der Waals surface area contributed by atoms with Gasteiger partial charge in [-0.15, -0.1) is 5.06 Å². The minimum absolute atomic E-state index is 0.192. The first-order valence-electron chi connectivity index (χ1n) is 8.28. The van der Waals surface area contributed by atoms with Gasteiger partial charge in [0.15, 0.2) is 6.17 Å². The molecule has 3 aliphatic rings. The molecule has 4 unspecified atom stereocenters. The molecular weight excluding hydrogens is 240 g/mol. The fraction of sp³-hybridized carbons (Fsp3) is 1.00. The van der Waals surface area contributed by atoms with Crippen molar-refractivity contribution in [2.45, 2.75) is 88.9 Å². The SMILES string of the molecule is [O-][NH+]1C2CCCCC2CCC1N(O)C1CCCCC1. The molecule has 110 valence electrons. The molecule has 4 heteroatoms. The summed E-state index contributed by atoms with van der Waals surface area (Å²) in [6.07, 6.45) is 12.5. The molecule has 2 aliphatic carbocycles. The highest BCUT2D eigenvalue weighted by atomic mass is 16.5. The van der Waals surface area contributed by atoms with E-state index >= 15 is 0 Å². The lowest BCUT2D eigenvalue weighted by Gasteiger charge is -2.50. The normalized spacial score (nSPS) is 41.2. The van der Waals surface area contributed by atoms with E-state index in [9.17, 15) is 10.4 Å². The number of piperidine rings is 1. The van der Waals surface area contributed by atoms with Crippen molar-refractivity contribution < 1.29 is 10.3 Å². The summed E-state index contributed by atoms with van der Waals surface area (Å²) in [5.74, 6) is 0.622. The highest BCUT2D eigenvalue weighted by Gasteiger charge is 2.42. The summed E-state index contributed by atoms with van der Waals surface area (Å²) in [7, 11) is 0. The molecule has 0 aromatic heterocycles. The van der Waals surface area contributed by atoms with Crippen LogP contribution in [0.15, 0.2) is 0 Å². The maximum atomic E-state index is 12.6. The first-order valence-corrected chi connectivity index (χ1v) is 8.28. The molecule has 0 aromatic rings. The molecule has 19 heavy (non-hydrogen) atoms. The van der Waals surface area contributed by atoms with Crippen LogP contribution in [0.2, 0.25) is 0 Å². The van der Waals surface area contributed by atoms with Crippen molar-refractivity contribution in [2.75, 3.05) is 0 Å². The Morgan fingerprint density at radius 1 is 0.842 bits per heavy atom. The predicted molar refractivity (Wildman–Crippen MR) is 73.6 cm³/mol. The summed E-state index contributed by atoms with van der Waals surface area (Å²) < 4.78 is 0. The largest absolute Gasteiger partial charge is 0.633 e. The lowest BCUT2D eigenvalue weighted by molar-refractivity contribution is -0.933. The number of hydrogen-bond acceptors (Lipinski definition) is 3. The third-order valence-corrected chi connectivity index (χ3v) is 5.68. The summed E-state index contributed by atoms with van der Waals surface area (Å²) >= 11 is 0. The quantitative estimate of drug-likeness (QED) is 0.595. The van der Waals surface area contributed by atoms with Crippen molar-refractivity contribution in [3.63, 3.8) is 0 Å². The Balaban J connectivity index is 1.63. The molecule has 0 radical (unpaired) electrons. The number of rotatable bonds is 2. The van der Waals surface area contributed by atoms with Crippen molar-refractivity contribution in [1.29, 1.82) is 0 Å². The third-order valence-electron chi connectivity index (χ3n) is 5.68. The molecule has 0 spiro atoms. The molecule has 0 amide bonds. The predicted octanol–water partition coefficient (Wildman–Crippen LogP) is 2.07. The van der Waals surface area contributed by atoms with Crippen LogP contribution in [0.1, 0.15) is 70.6 Å². The zero-order valence-electron chi connectivity index (χ0n) is 11.9. The van der Waals surface area contributed by atoms with E-state index in [0.29, 0.717) is 11.0 Å². The number of nitrogens with zero attached hydrogens (tertiary/aromatic N) is 1. The minimum atomic E-state index is -0.192. The van der Waals surface area contributed by atoms with Gasteiger partial charge in [-0.2, -0.15) is 0 Å². The van der Waals surface area contributed by atoms with E-state index in [1.807, 2.05) is 0 Å². The highest BCUT2D eigenvalue weighted by Crippen LogP contribution is 2.31. The Labute approximate surface area is 116 Å². The minimum Gasteiger partial charge on any atom is -0.633 e. The first kappa shape index (κ1) is 13.8. The summed E-state index contributed by atoms with van der Waals surface area (Å²) in [4.78, 5) is 0. The van der Waals surface area contributed by atoms with E-state index in [1.54, 1.807) is 0 Å². The Morgan fingerprint density at radius 2 is 1.53 bits per heavy atom. The monoisotopic (exact) mass is 268 g/mol. The van der Waals surface area contributed by atoms with Crippen LogP contribution >= 0.6 is 0 Å². The highest BCUT2D eigenvalue weighted by molar-refractivity contribution is 4.82. The Hall–Kier alpha value is -0.160. The van der Waals surface area contributed by atoms with Crippen LogP contribution in [-0.4, -0.2) is 28.5 Å². The van der Waals surface area contributed by atoms with Crippen LogP contribution in [0.3, 0.4) is 0 Å². The second-order valence-electron chi connectivity index (χ2n) is 6.82. The van der Waals surface area contributed by atoms with Gasteiger partial charge in [0.2, 0.25) is 0 Å². The number of nitrogens with one attached hydrogen (secondary N) is 1. The van der Waals surface area contributed by atoms with Crippen molar-refractivity contribution >= 4 is 0 Å². The van der Waals surface area contributed by atoms with E-state index in [-0.39, 0.29) is 18.2 Å². The number of fused-ring (bicyclic) bond motifs is 1. The first-order chi connectivity index (χ1) is 9.27. The Morgan fingerprint density at radius 3 is 2.32 bits per heavy atom. The van der Waals surface area contributed by atoms with Gasteiger partial charge in [0, 0.05) is 18.4 Å². The van der Waals surface area contributed by atoms with Crippen LogP contribution in [0.5, 0.6) is 0 Å². The lowest BCUT2D eigenvalue weighted by atomic mass is 9.78. The standard InChI is InChI=1S/C15H28N2O2/c18-16(13-7-2-1-3-8-13)15-11-10-12-6-4-5-9-14(12)17(15)19/h12-15,17-18H,1-11H2. The van der Waals surface area contributed by atoms with Crippen LogP contribution in [0.4, 0.5) is 0 Å². The number of hydrogen-bond donors (Lipinski definition) is 2. The maximum Gasteiger partial charge on any atom is 0.165 e. The van der Waals surface area contributed by atoms with Gasteiger partial charge in [-0.25, -0.2) is 0 Å². The molecule has 0 bridgehead atoms. The van der Waals surface area contributed by atoms with E-state index in [4.69, 9.17) is 0 Å². The molecule has 2 saturated carbocycles. The van der Waals surface area contributed by atoms with Gasteiger partial charge in [-0.1, -0.05) is 25.7 Å². The van der Waals surface area contributed by atoms with E-state index in [1.165, 1.54) is 43.6 Å². The van der Waals surface area contributed by atoms with E-state index < -0.39 is 0 Å².